The van der Waals surface area contributed by atoms with Crippen LogP contribution in [0.2, 0.25) is 0 Å². The second-order valence-electron chi connectivity index (χ2n) is 14.8. The third kappa shape index (κ3) is 8.32. The van der Waals surface area contributed by atoms with E-state index in [1.807, 2.05) is 25.9 Å². The van der Waals surface area contributed by atoms with Gasteiger partial charge >= 0.3 is 24.0 Å². The second-order valence-corrected chi connectivity index (χ2v) is 14.8. The first-order valence-corrected chi connectivity index (χ1v) is 17.3. The zero-order chi connectivity index (χ0) is 38.0. The molecule has 0 aromatic carbocycles. The van der Waals surface area contributed by atoms with Crippen molar-refractivity contribution >= 4 is 35.6 Å². The molecule has 15 nitrogen and oxygen atoms in total. The highest BCUT2D eigenvalue weighted by atomic mass is 16.7. The lowest BCUT2D eigenvalue weighted by Crippen LogP contribution is -2.61. The van der Waals surface area contributed by atoms with Gasteiger partial charge in [0.1, 0.15) is 24.3 Å². The van der Waals surface area contributed by atoms with E-state index in [1.165, 1.54) is 27.9 Å². The summed E-state index contributed by atoms with van der Waals surface area (Å²) in [4.78, 5) is 82.5. The molecule has 3 aliphatic rings. The zero-order valence-electron chi connectivity index (χ0n) is 31.4. The highest BCUT2D eigenvalue weighted by Gasteiger charge is 2.61. The van der Waals surface area contributed by atoms with Crippen molar-refractivity contribution in [3.63, 3.8) is 0 Å². The van der Waals surface area contributed by atoms with Gasteiger partial charge in [0.2, 0.25) is 0 Å². The molecule has 0 bridgehead atoms. The topological polar surface area (TPSA) is 185 Å². The Morgan fingerprint density at radius 3 is 2.16 bits per heavy atom. The molecule has 0 radical (unpaired) electrons. The number of carboxylic acid groups (broad SMARTS) is 1. The van der Waals surface area contributed by atoms with E-state index in [0.717, 1.165) is 4.90 Å². The number of carbonyl (C=O) groups is 6. The third-order valence-corrected chi connectivity index (χ3v) is 10.7. The summed E-state index contributed by atoms with van der Waals surface area (Å²) in [5.74, 6) is -7.74. The molecule has 3 saturated heterocycles. The number of likely N-dealkylation sites (N-methyl/N-ethyl adjacent to an activating group) is 1. The van der Waals surface area contributed by atoms with Crippen LogP contribution in [-0.2, 0) is 52.4 Å². The van der Waals surface area contributed by atoms with Crippen molar-refractivity contribution in [2.45, 2.75) is 136 Å². The summed E-state index contributed by atoms with van der Waals surface area (Å²) in [6.07, 6.45) is -4.89. The maximum Gasteiger partial charge on any atom is 0.411 e. The predicted octanol–water partition coefficient (Wildman–Crippen LogP) is 2.85. The number of carbonyl (C=O) groups excluding carboxylic acids is 5. The van der Waals surface area contributed by atoms with Gasteiger partial charge in [-0.2, -0.15) is 0 Å². The zero-order valence-corrected chi connectivity index (χ0v) is 31.4. The quantitative estimate of drug-likeness (QED) is 0.220. The van der Waals surface area contributed by atoms with Gasteiger partial charge < -0.3 is 38.4 Å². The fraction of sp³-hybridized carbons (Fsp3) is 0.829. The standard InChI is InChI=1S/C35H56N2O13/c1-13-24-35(9)29(37(16-25(39)40)33(44)50-35)19(4)26(41)17(2)15-34(8,45-12)30(20(5)27(42)21(6)31(43)48-24)49-32-28(47-22(7)38)23(36(10)11)14-18(3)46-32/h17-21,23-24,28-30,32H,13-16H2,1-12H3,(H,39,40)/t17-,18-,19?,20+,21-,23+,24?,28-,29+,30-,32+,34-,35-/m1/s1. The molecule has 13 atom stereocenters. The monoisotopic (exact) mass is 712 g/mol. The van der Waals surface area contributed by atoms with Crippen molar-refractivity contribution in [2.75, 3.05) is 27.7 Å². The minimum Gasteiger partial charge on any atom is -0.480 e. The van der Waals surface area contributed by atoms with Crippen LogP contribution in [0.4, 0.5) is 4.79 Å². The van der Waals surface area contributed by atoms with E-state index in [9.17, 15) is 33.9 Å². The van der Waals surface area contributed by atoms with Crippen LogP contribution in [0.1, 0.15) is 81.6 Å². The normalized spacial score (nSPS) is 40.5. The number of rotatable bonds is 8. The van der Waals surface area contributed by atoms with Gasteiger partial charge in [0.25, 0.3) is 0 Å². The SMILES string of the molecule is CCC1OC(=O)[C@H](C)C(=O)[C@H](C)[C@@H](O[C@@H]2O[C@H](C)C[C@H](N(C)C)[C@H]2OC(C)=O)[C@](C)(OC)C[C@@H](C)C(=O)C(C)[C@@H]2N(CC(=O)O)C(=O)O[C@]12C. The molecular formula is C35H56N2O13. The number of methoxy groups -OCH3 is 1. The summed E-state index contributed by atoms with van der Waals surface area (Å²) in [7, 11) is 5.12. The van der Waals surface area contributed by atoms with Crippen LogP contribution in [0.3, 0.4) is 0 Å². The maximum absolute atomic E-state index is 14.3. The molecule has 15 heteroatoms. The number of cyclic esters (lactones) is 1. The highest BCUT2D eigenvalue weighted by molar-refractivity contribution is 6.00. The Kier molecular flexibility index (Phi) is 13.2. The van der Waals surface area contributed by atoms with Crippen molar-refractivity contribution < 1.29 is 62.3 Å². The number of fused-ring (bicyclic) bond motifs is 1. The number of Topliss-reactive ketones (excluding diaryl/α,β-unsaturated/α-hetero) is 2. The molecule has 284 valence electrons. The minimum atomic E-state index is -1.62. The van der Waals surface area contributed by atoms with E-state index in [2.05, 4.69) is 0 Å². The van der Waals surface area contributed by atoms with Gasteiger partial charge in [0.15, 0.2) is 23.8 Å². The molecule has 1 N–H and O–H groups in total. The lowest BCUT2D eigenvalue weighted by Gasteiger charge is -2.47. The van der Waals surface area contributed by atoms with Crippen molar-refractivity contribution in [1.29, 1.82) is 0 Å². The van der Waals surface area contributed by atoms with Gasteiger partial charge in [-0.1, -0.05) is 27.7 Å². The molecule has 0 aromatic rings. The number of hydrogen-bond acceptors (Lipinski definition) is 13. The second kappa shape index (κ2) is 16.0. The molecule has 2 unspecified atom stereocenters. The number of esters is 2. The summed E-state index contributed by atoms with van der Waals surface area (Å²) in [5.41, 5.74) is -2.99. The molecule has 3 heterocycles. The molecular weight excluding hydrogens is 656 g/mol. The molecule has 50 heavy (non-hydrogen) atoms. The molecule has 3 aliphatic heterocycles. The molecule has 0 saturated carbocycles. The number of ketones is 2. The van der Waals surface area contributed by atoms with Crippen LogP contribution in [-0.4, -0.2) is 132 Å². The van der Waals surface area contributed by atoms with Gasteiger partial charge in [0.05, 0.1) is 29.9 Å². The van der Waals surface area contributed by atoms with Crippen LogP contribution in [0, 0.1) is 23.7 Å². The Morgan fingerprint density at radius 1 is 1.02 bits per heavy atom. The van der Waals surface area contributed by atoms with Crippen molar-refractivity contribution in [3.8, 4) is 0 Å². The molecule has 0 aromatic heterocycles. The number of carboxylic acids is 1. The summed E-state index contributed by atoms with van der Waals surface area (Å²) in [5, 5.41) is 9.67. The van der Waals surface area contributed by atoms with Crippen LogP contribution >= 0.6 is 0 Å². The minimum absolute atomic E-state index is 0.0137. The Labute approximate surface area is 294 Å². The summed E-state index contributed by atoms with van der Waals surface area (Å²) >= 11 is 0. The van der Waals surface area contributed by atoms with E-state index in [-0.39, 0.29) is 30.8 Å². The van der Waals surface area contributed by atoms with Gasteiger partial charge in [-0.05, 0) is 61.1 Å². The first-order valence-electron chi connectivity index (χ1n) is 17.3. The molecule has 3 rings (SSSR count). The van der Waals surface area contributed by atoms with E-state index in [0.29, 0.717) is 6.42 Å². The number of amides is 1. The Bertz CT molecular complexity index is 1310. The average molecular weight is 713 g/mol. The number of nitrogens with zero attached hydrogens (tertiary/aromatic N) is 2. The maximum atomic E-state index is 14.3. The summed E-state index contributed by atoms with van der Waals surface area (Å²) in [6, 6.07) is -1.43. The van der Waals surface area contributed by atoms with Gasteiger partial charge in [-0.3, -0.25) is 28.9 Å². The molecule has 1 amide bonds. The Balaban J connectivity index is 2.18. The molecule has 0 spiro atoms. The van der Waals surface area contributed by atoms with Gasteiger partial charge in [-0.25, -0.2) is 4.79 Å². The van der Waals surface area contributed by atoms with Crippen molar-refractivity contribution in [2.24, 2.45) is 23.7 Å². The van der Waals surface area contributed by atoms with Crippen LogP contribution in [0.5, 0.6) is 0 Å². The summed E-state index contributed by atoms with van der Waals surface area (Å²) in [6.45, 7) is 13.6. The van der Waals surface area contributed by atoms with E-state index < -0.39 is 102 Å². The lowest BCUT2D eigenvalue weighted by atomic mass is 9.73. The smallest absolute Gasteiger partial charge is 0.411 e. The van der Waals surface area contributed by atoms with Crippen molar-refractivity contribution in [3.05, 3.63) is 0 Å². The largest absolute Gasteiger partial charge is 0.480 e. The third-order valence-electron chi connectivity index (χ3n) is 10.7. The van der Waals surface area contributed by atoms with E-state index in [4.69, 9.17) is 28.4 Å². The van der Waals surface area contributed by atoms with E-state index in [1.54, 1.807) is 34.6 Å². The molecule has 3 fully saturated rings. The fourth-order valence-electron chi connectivity index (χ4n) is 8.09. The lowest BCUT2D eigenvalue weighted by molar-refractivity contribution is -0.298. The number of aliphatic carboxylic acids is 1. The van der Waals surface area contributed by atoms with Crippen LogP contribution in [0.25, 0.3) is 0 Å². The number of hydrogen-bond donors (Lipinski definition) is 1. The van der Waals surface area contributed by atoms with Crippen molar-refractivity contribution in [1.82, 2.24) is 9.80 Å². The first-order chi connectivity index (χ1) is 23.1. The average Bonchev–Trinajstić information content (AvgIpc) is 3.28. The predicted molar refractivity (Wildman–Crippen MR) is 177 cm³/mol. The first kappa shape index (κ1) is 41.3. The Hall–Kier alpha value is -3.14. The summed E-state index contributed by atoms with van der Waals surface area (Å²) < 4.78 is 36.4. The van der Waals surface area contributed by atoms with E-state index >= 15 is 0 Å². The van der Waals surface area contributed by atoms with Crippen LogP contribution in [0.15, 0.2) is 0 Å². The fourth-order valence-corrected chi connectivity index (χ4v) is 8.09. The Morgan fingerprint density at radius 2 is 1.64 bits per heavy atom. The highest BCUT2D eigenvalue weighted by Crippen LogP contribution is 2.43. The van der Waals surface area contributed by atoms with Gasteiger partial charge in [-0.15, -0.1) is 0 Å². The van der Waals surface area contributed by atoms with Crippen LogP contribution < -0.4 is 0 Å². The number of ether oxygens (including phenoxy) is 6. The van der Waals surface area contributed by atoms with Gasteiger partial charge in [0, 0.05) is 31.8 Å². The molecule has 0 aliphatic carbocycles.